The fourth-order valence-electron chi connectivity index (χ4n) is 3.00. The number of carbonyl (C=O) groups excluding carboxylic acids is 1. The number of thioether (sulfide) groups is 1. The molecule has 2 aromatic rings. The van der Waals surface area contributed by atoms with E-state index in [1.807, 2.05) is 24.3 Å². The Morgan fingerprint density at radius 3 is 2.76 bits per heavy atom. The van der Waals surface area contributed by atoms with E-state index in [1.54, 1.807) is 7.11 Å². The average Bonchev–Trinajstić information content (AvgIpc) is 3.09. The summed E-state index contributed by atoms with van der Waals surface area (Å²) in [6.07, 6.45) is 6.59. The summed E-state index contributed by atoms with van der Waals surface area (Å²) in [5.74, 6) is 2.05. The second-order valence-electron chi connectivity index (χ2n) is 6.28. The largest absolute Gasteiger partial charge is 0.497 e. The van der Waals surface area contributed by atoms with Gasteiger partial charge < -0.3 is 10.1 Å². The Morgan fingerprint density at radius 2 is 2.04 bits per heavy atom. The van der Waals surface area contributed by atoms with Crippen LogP contribution in [0.1, 0.15) is 43.5 Å². The monoisotopic (exact) mass is 360 g/mol. The van der Waals surface area contributed by atoms with E-state index < -0.39 is 0 Å². The van der Waals surface area contributed by atoms with Gasteiger partial charge in [-0.15, -0.1) is 5.10 Å². The van der Waals surface area contributed by atoms with Crippen molar-refractivity contribution in [1.82, 2.24) is 20.5 Å². The molecule has 7 heteroatoms. The van der Waals surface area contributed by atoms with E-state index in [9.17, 15) is 4.79 Å². The highest BCUT2D eigenvalue weighted by atomic mass is 32.2. The van der Waals surface area contributed by atoms with Gasteiger partial charge in [-0.3, -0.25) is 9.89 Å². The molecule has 1 aliphatic carbocycles. The minimum atomic E-state index is 0.0680. The van der Waals surface area contributed by atoms with Crippen molar-refractivity contribution < 1.29 is 9.53 Å². The third-order valence-electron chi connectivity index (χ3n) is 4.34. The lowest BCUT2D eigenvalue weighted by Gasteiger charge is -2.22. The maximum Gasteiger partial charge on any atom is 0.230 e. The number of amides is 1. The molecule has 1 aromatic heterocycles. The molecule has 1 amide bonds. The van der Waals surface area contributed by atoms with Gasteiger partial charge >= 0.3 is 0 Å². The van der Waals surface area contributed by atoms with E-state index in [-0.39, 0.29) is 5.91 Å². The quantitative estimate of drug-likeness (QED) is 0.742. The Morgan fingerprint density at radius 1 is 1.28 bits per heavy atom. The summed E-state index contributed by atoms with van der Waals surface area (Å²) in [4.78, 5) is 16.5. The third kappa shape index (κ3) is 5.49. The van der Waals surface area contributed by atoms with Gasteiger partial charge in [0.15, 0.2) is 0 Å². The molecule has 1 aromatic carbocycles. The van der Waals surface area contributed by atoms with Crippen molar-refractivity contribution in [3.05, 3.63) is 35.7 Å². The molecular weight excluding hydrogens is 336 g/mol. The van der Waals surface area contributed by atoms with Gasteiger partial charge in [-0.05, 0) is 30.5 Å². The second-order valence-corrected chi connectivity index (χ2v) is 7.22. The number of ether oxygens (including phenoxy) is 1. The molecule has 0 atom stereocenters. The van der Waals surface area contributed by atoms with E-state index in [2.05, 4.69) is 20.5 Å². The summed E-state index contributed by atoms with van der Waals surface area (Å²) in [7, 11) is 1.65. The predicted molar refractivity (Wildman–Crippen MR) is 97.9 cm³/mol. The number of benzene rings is 1. The van der Waals surface area contributed by atoms with Crippen molar-refractivity contribution in [2.75, 3.05) is 12.9 Å². The lowest BCUT2D eigenvalue weighted by Crippen LogP contribution is -2.37. The Bertz CT molecular complexity index is 681. The lowest BCUT2D eigenvalue weighted by atomic mass is 9.95. The smallest absolute Gasteiger partial charge is 0.230 e. The van der Waals surface area contributed by atoms with Crippen molar-refractivity contribution in [3.8, 4) is 5.75 Å². The normalized spacial score (nSPS) is 15.1. The highest BCUT2D eigenvalue weighted by molar-refractivity contribution is 7.99. The van der Waals surface area contributed by atoms with Gasteiger partial charge in [-0.1, -0.05) is 43.2 Å². The van der Waals surface area contributed by atoms with Crippen molar-refractivity contribution >= 4 is 17.7 Å². The van der Waals surface area contributed by atoms with Crippen molar-refractivity contribution in [3.63, 3.8) is 0 Å². The number of methoxy groups -OCH3 is 1. The topological polar surface area (TPSA) is 79.9 Å². The maximum absolute atomic E-state index is 12.0. The standard InChI is InChI=1S/C18H24N4O2S/c1-24-15-9-7-13(8-10-15)11-16-20-18(22-21-16)25-12-17(23)19-14-5-3-2-4-6-14/h7-10,14H,2-6,11-12H2,1H3,(H,19,23)(H,20,21,22). The van der Waals surface area contributed by atoms with E-state index in [0.29, 0.717) is 23.4 Å². The Kier molecular flexibility index (Phi) is 6.33. The minimum absolute atomic E-state index is 0.0680. The molecule has 134 valence electrons. The van der Waals surface area contributed by atoms with Crippen molar-refractivity contribution in [2.24, 2.45) is 0 Å². The van der Waals surface area contributed by atoms with Crippen LogP contribution in [0.4, 0.5) is 0 Å². The molecule has 3 rings (SSSR count). The number of rotatable bonds is 7. The molecule has 0 unspecified atom stereocenters. The molecule has 0 spiro atoms. The zero-order valence-corrected chi connectivity index (χ0v) is 15.3. The summed E-state index contributed by atoms with van der Waals surface area (Å²) in [5, 5.41) is 10.9. The molecule has 1 aliphatic rings. The number of nitrogens with one attached hydrogen (secondary N) is 2. The number of hydrogen-bond acceptors (Lipinski definition) is 5. The lowest BCUT2D eigenvalue weighted by molar-refractivity contribution is -0.119. The van der Waals surface area contributed by atoms with E-state index in [0.717, 1.165) is 30.0 Å². The summed E-state index contributed by atoms with van der Waals surface area (Å²) in [5.41, 5.74) is 1.13. The number of carbonyl (C=O) groups is 1. The summed E-state index contributed by atoms with van der Waals surface area (Å²) in [6.45, 7) is 0. The molecule has 0 saturated heterocycles. The third-order valence-corrected chi connectivity index (χ3v) is 5.19. The molecule has 1 fully saturated rings. The maximum atomic E-state index is 12.0. The minimum Gasteiger partial charge on any atom is -0.497 e. The highest BCUT2D eigenvalue weighted by Crippen LogP contribution is 2.19. The zero-order valence-electron chi connectivity index (χ0n) is 14.5. The molecule has 6 nitrogen and oxygen atoms in total. The second kappa shape index (κ2) is 8.89. The predicted octanol–water partition coefficient (Wildman–Crippen LogP) is 2.95. The molecule has 1 heterocycles. The number of aromatic nitrogens is 3. The van der Waals surface area contributed by atoms with E-state index in [1.165, 1.54) is 31.0 Å². The number of hydrogen-bond donors (Lipinski definition) is 2. The van der Waals surface area contributed by atoms with Crippen LogP contribution in [0.2, 0.25) is 0 Å². The summed E-state index contributed by atoms with van der Waals surface area (Å²) < 4.78 is 5.16. The van der Waals surface area contributed by atoms with Gasteiger partial charge in [0.25, 0.3) is 0 Å². The molecular formula is C18H24N4O2S. The van der Waals surface area contributed by atoms with Crippen LogP contribution in [0, 0.1) is 0 Å². The molecule has 2 N–H and O–H groups in total. The number of aromatic amines is 1. The van der Waals surface area contributed by atoms with Crippen LogP contribution < -0.4 is 10.1 Å². The van der Waals surface area contributed by atoms with Crippen LogP contribution in [0.5, 0.6) is 5.75 Å². The first-order chi connectivity index (χ1) is 12.2. The number of H-pyrrole nitrogens is 1. The van der Waals surface area contributed by atoms with Gasteiger partial charge in [0.05, 0.1) is 12.9 Å². The molecule has 0 aliphatic heterocycles. The van der Waals surface area contributed by atoms with Crippen LogP contribution >= 0.6 is 11.8 Å². The van der Waals surface area contributed by atoms with Crippen LogP contribution in [0.25, 0.3) is 0 Å². The van der Waals surface area contributed by atoms with E-state index in [4.69, 9.17) is 4.74 Å². The molecule has 1 saturated carbocycles. The van der Waals surface area contributed by atoms with Crippen molar-refractivity contribution in [2.45, 2.75) is 49.7 Å². The molecule has 25 heavy (non-hydrogen) atoms. The average molecular weight is 360 g/mol. The highest BCUT2D eigenvalue weighted by Gasteiger charge is 2.16. The van der Waals surface area contributed by atoms with Crippen LogP contribution in [0.3, 0.4) is 0 Å². The zero-order chi connectivity index (χ0) is 17.5. The first-order valence-corrected chi connectivity index (χ1v) is 9.68. The summed E-state index contributed by atoms with van der Waals surface area (Å²) in [6, 6.07) is 8.21. The fourth-order valence-corrected chi connectivity index (χ4v) is 3.63. The van der Waals surface area contributed by atoms with Gasteiger partial charge in [0, 0.05) is 12.5 Å². The Labute approximate surface area is 152 Å². The van der Waals surface area contributed by atoms with Crippen LogP contribution in [0.15, 0.2) is 29.4 Å². The SMILES string of the molecule is COc1ccc(Cc2nc(SCC(=O)NC3CCCCC3)n[nH]2)cc1. The van der Waals surface area contributed by atoms with Crippen LogP contribution in [-0.2, 0) is 11.2 Å². The van der Waals surface area contributed by atoms with Gasteiger partial charge in [0.1, 0.15) is 11.6 Å². The molecule has 0 radical (unpaired) electrons. The molecule has 0 bridgehead atoms. The summed E-state index contributed by atoms with van der Waals surface area (Å²) >= 11 is 1.37. The van der Waals surface area contributed by atoms with Gasteiger partial charge in [-0.2, -0.15) is 0 Å². The fraction of sp³-hybridized carbons (Fsp3) is 0.500. The van der Waals surface area contributed by atoms with Crippen LogP contribution in [-0.4, -0.2) is 40.0 Å². The Balaban J connectivity index is 1.45. The van der Waals surface area contributed by atoms with Gasteiger partial charge in [0.2, 0.25) is 11.1 Å². The Hall–Kier alpha value is -2.02. The van der Waals surface area contributed by atoms with Crippen molar-refractivity contribution in [1.29, 1.82) is 0 Å². The first kappa shape index (κ1) is 17.8. The van der Waals surface area contributed by atoms with Gasteiger partial charge in [-0.25, -0.2) is 4.98 Å². The van der Waals surface area contributed by atoms with E-state index >= 15 is 0 Å². The number of nitrogens with zero attached hydrogens (tertiary/aromatic N) is 2. The first-order valence-electron chi connectivity index (χ1n) is 8.69.